The van der Waals surface area contributed by atoms with E-state index in [1.807, 2.05) is 24.3 Å². The van der Waals surface area contributed by atoms with Crippen molar-refractivity contribution in [2.24, 2.45) is 0 Å². The summed E-state index contributed by atoms with van der Waals surface area (Å²) in [5, 5.41) is 61.1. The Morgan fingerprint density at radius 3 is 1.16 bits per heavy atom. The first kappa shape index (κ1) is 42.8. The van der Waals surface area contributed by atoms with Gasteiger partial charge in [-0.25, -0.2) is 0 Å². The Kier molecular flexibility index (Phi) is 18.8. The van der Waals surface area contributed by atoms with Crippen molar-refractivity contribution in [2.45, 2.75) is 12.5 Å². The van der Waals surface area contributed by atoms with Crippen LogP contribution in [0.1, 0.15) is 5.56 Å². The average molecular weight is 726 g/mol. The molecule has 1 fully saturated rings. The molecule has 1 aromatic rings. The number of hydrogen-bond acceptors (Lipinski definition) is 13. The largest absolute Gasteiger partial charge is 0.480 e. The molecule has 0 spiro atoms. The highest BCUT2D eigenvalue weighted by molar-refractivity contribution is 5.71. The number of benzene rings is 1. The van der Waals surface area contributed by atoms with Crippen LogP contribution in [0.5, 0.6) is 0 Å². The van der Waals surface area contributed by atoms with Crippen molar-refractivity contribution in [3.63, 3.8) is 0 Å². The van der Waals surface area contributed by atoms with Crippen LogP contribution in [0, 0.1) is 0 Å². The number of carboxylic acid groups (broad SMARTS) is 6. The Hall–Kier alpha value is -4.40. The highest BCUT2D eigenvalue weighted by atomic mass is 16.4. The van der Waals surface area contributed by atoms with Gasteiger partial charge in [-0.2, -0.15) is 0 Å². The minimum atomic E-state index is -1.14. The second kappa shape index (κ2) is 22.4. The van der Waals surface area contributed by atoms with Gasteiger partial charge in [0.2, 0.25) is 0 Å². The summed E-state index contributed by atoms with van der Waals surface area (Å²) in [6.07, 6.45) is 0.307. The van der Waals surface area contributed by atoms with Gasteiger partial charge in [-0.05, 0) is 24.1 Å². The van der Waals surface area contributed by atoms with E-state index in [0.29, 0.717) is 6.42 Å². The zero-order valence-electron chi connectivity index (χ0n) is 28.9. The molecule has 19 heteroatoms. The third-order valence-electron chi connectivity index (χ3n) is 8.47. The van der Waals surface area contributed by atoms with E-state index in [0.717, 1.165) is 11.3 Å². The number of anilines is 1. The second-order valence-corrected chi connectivity index (χ2v) is 12.5. The lowest BCUT2D eigenvalue weighted by atomic mass is 10.0. The van der Waals surface area contributed by atoms with Crippen molar-refractivity contribution in [2.75, 3.05) is 124 Å². The lowest BCUT2D eigenvalue weighted by Gasteiger charge is -2.37. The quantitative estimate of drug-likeness (QED) is 0.103. The Morgan fingerprint density at radius 1 is 0.510 bits per heavy atom. The van der Waals surface area contributed by atoms with Crippen molar-refractivity contribution < 1.29 is 59.4 Å². The summed E-state index contributed by atoms with van der Waals surface area (Å²) < 4.78 is 0. The molecule has 0 saturated carbocycles. The van der Waals surface area contributed by atoms with Crippen LogP contribution in [0.15, 0.2) is 24.3 Å². The predicted molar refractivity (Wildman–Crippen MR) is 183 cm³/mol. The molecule has 0 bridgehead atoms. The van der Waals surface area contributed by atoms with Gasteiger partial charge >= 0.3 is 35.8 Å². The van der Waals surface area contributed by atoms with E-state index in [2.05, 4.69) is 5.32 Å². The zero-order valence-corrected chi connectivity index (χ0v) is 28.9. The smallest absolute Gasteiger partial charge is 0.317 e. The average Bonchev–Trinajstić information content (AvgIpc) is 3.03. The minimum Gasteiger partial charge on any atom is -0.480 e. The maximum Gasteiger partial charge on any atom is 0.317 e. The standard InChI is InChI=1S/C32H51N7O12/c1-33-25-4-2-24(3-5-25)16-26-17-38(22-31(48)49)13-12-36(20-29(44)45)9-8-34(18-27(40)41)6-7-35(19-28(42)43)10-11-37(21-30(46)47)14-15-39(26)23-32(50)51/h2-5,26,33H,6-23H2,1H3,(H,40,41)(H,42,43)(H,44,45)(H,46,47)(H,48,49)(H,50,51). The summed E-state index contributed by atoms with van der Waals surface area (Å²) in [6, 6.07) is 6.85. The summed E-state index contributed by atoms with van der Waals surface area (Å²) in [4.78, 5) is 80.6. The third kappa shape index (κ3) is 18.4. The fourth-order valence-corrected chi connectivity index (χ4v) is 5.92. The van der Waals surface area contributed by atoms with Gasteiger partial charge in [0.15, 0.2) is 0 Å². The zero-order chi connectivity index (χ0) is 37.9. The van der Waals surface area contributed by atoms with E-state index < -0.39 is 81.1 Å². The summed E-state index contributed by atoms with van der Waals surface area (Å²) in [6.45, 7) is -1.36. The first-order valence-electron chi connectivity index (χ1n) is 16.6. The summed E-state index contributed by atoms with van der Waals surface area (Å²) >= 11 is 0. The van der Waals surface area contributed by atoms with Gasteiger partial charge < -0.3 is 36.0 Å². The van der Waals surface area contributed by atoms with E-state index in [4.69, 9.17) is 0 Å². The van der Waals surface area contributed by atoms with E-state index in [1.165, 1.54) is 0 Å². The van der Waals surface area contributed by atoms with Gasteiger partial charge in [0.1, 0.15) is 0 Å². The summed E-state index contributed by atoms with van der Waals surface area (Å²) in [5.41, 5.74) is 1.68. The van der Waals surface area contributed by atoms with E-state index >= 15 is 0 Å². The molecule has 51 heavy (non-hydrogen) atoms. The molecule has 0 amide bonds. The van der Waals surface area contributed by atoms with E-state index in [9.17, 15) is 59.4 Å². The molecule has 0 aliphatic carbocycles. The predicted octanol–water partition coefficient (Wildman–Crippen LogP) is -2.03. The monoisotopic (exact) mass is 725 g/mol. The van der Waals surface area contributed by atoms with Crippen LogP contribution in [0.3, 0.4) is 0 Å². The first-order valence-corrected chi connectivity index (χ1v) is 16.6. The molecular weight excluding hydrogens is 674 g/mol. The van der Waals surface area contributed by atoms with Crippen LogP contribution >= 0.6 is 0 Å². The fraction of sp³-hybridized carbons (Fsp3) is 0.625. The normalized spacial score (nSPS) is 19.4. The SMILES string of the molecule is CNc1ccc(CC2CN(CC(=O)O)CCN(CC(=O)O)CCN(CC(=O)O)CCN(CC(=O)O)CCN(CC(=O)O)CCN2CC(=O)O)cc1. The Balaban J connectivity index is 2.57. The number of aliphatic carboxylic acids is 6. The number of rotatable bonds is 15. The molecule has 1 atom stereocenters. The van der Waals surface area contributed by atoms with Crippen LogP contribution < -0.4 is 5.32 Å². The van der Waals surface area contributed by atoms with Crippen molar-refractivity contribution in [1.29, 1.82) is 0 Å². The highest BCUT2D eigenvalue weighted by Gasteiger charge is 2.27. The van der Waals surface area contributed by atoms with Crippen molar-refractivity contribution in [1.82, 2.24) is 29.4 Å². The van der Waals surface area contributed by atoms with Gasteiger partial charge in [0.25, 0.3) is 0 Å². The lowest BCUT2D eigenvalue weighted by Crippen LogP contribution is -2.52. The summed E-state index contributed by atoms with van der Waals surface area (Å²) in [7, 11) is 1.76. The van der Waals surface area contributed by atoms with E-state index in [1.54, 1.807) is 36.4 Å². The fourth-order valence-electron chi connectivity index (χ4n) is 5.92. The number of nitrogens with one attached hydrogen (secondary N) is 1. The Morgan fingerprint density at radius 2 is 0.824 bits per heavy atom. The molecule has 1 aliphatic heterocycles. The first-order chi connectivity index (χ1) is 24.1. The van der Waals surface area contributed by atoms with Crippen LogP contribution in [0.4, 0.5) is 5.69 Å². The summed E-state index contributed by atoms with van der Waals surface area (Å²) in [5.74, 6) is -6.84. The number of hydrogen-bond donors (Lipinski definition) is 7. The van der Waals surface area contributed by atoms with Gasteiger partial charge in [-0.1, -0.05) is 12.1 Å². The molecule has 1 aliphatic rings. The topological polar surface area (TPSA) is 255 Å². The Bertz CT molecular complexity index is 1300. The van der Waals surface area contributed by atoms with Gasteiger partial charge in [-0.15, -0.1) is 0 Å². The number of carbonyl (C=O) groups is 6. The van der Waals surface area contributed by atoms with Crippen molar-refractivity contribution >= 4 is 41.5 Å². The second-order valence-electron chi connectivity index (χ2n) is 12.5. The molecular formula is C32H51N7O12. The maximum atomic E-state index is 12.2. The molecule has 7 N–H and O–H groups in total. The molecule has 19 nitrogen and oxygen atoms in total. The molecule has 2 rings (SSSR count). The third-order valence-corrected chi connectivity index (χ3v) is 8.47. The highest BCUT2D eigenvalue weighted by Crippen LogP contribution is 2.15. The minimum absolute atomic E-state index is 0.0741. The van der Waals surface area contributed by atoms with Crippen LogP contribution in [-0.2, 0) is 35.2 Å². The number of carboxylic acids is 6. The van der Waals surface area contributed by atoms with Crippen molar-refractivity contribution in [3.8, 4) is 0 Å². The van der Waals surface area contributed by atoms with Gasteiger partial charge in [-0.3, -0.25) is 58.2 Å². The molecule has 1 heterocycles. The molecule has 0 radical (unpaired) electrons. The molecule has 286 valence electrons. The van der Waals surface area contributed by atoms with Crippen molar-refractivity contribution in [3.05, 3.63) is 29.8 Å². The molecule has 1 unspecified atom stereocenters. The van der Waals surface area contributed by atoms with Crippen LogP contribution in [0.25, 0.3) is 0 Å². The van der Waals surface area contributed by atoms with Crippen LogP contribution in [0.2, 0.25) is 0 Å². The van der Waals surface area contributed by atoms with Gasteiger partial charge in [0.05, 0.1) is 39.3 Å². The molecule has 1 saturated heterocycles. The lowest BCUT2D eigenvalue weighted by molar-refractivity contribution is -0.141. The van der Waals surface area contributed by atoms with Crippen LogP contribution in [-0.4, -0.2) is 220 Å². The molecule has 0 aromatic heterocycles. The maximum absolute atomic E-state index is 12.2. The van der Waals surface area contributed by atoms with Gasteiger partial charge in [0, 0.05) is 90.8 Å². The van der Waals surface area contributed by atoms with E-state index in [-0.39, 0.29) is 72.0 Å². The molecule has 1 aromatic carbocycles. The Labute approximate surface area is 296 Å². The number of nitrogens with zero attached hydrogens (tertiary/aromatic N) is 6.